The fourth-order valence-corrected chi connectivity index (χ4v) is 3.90. The first-order chi connectivity index (χ1) is 12.5. The lowest BCUT2D eigenvalue weighted by Gasteiger charge is -2.38. The summed E-state index contributed by atoms with van der Waals surface area (Å²) in [4.78, 5) is 15.5. The maximum atomic E-state index is 13.6. The summed E-state index contributed by atoms with van der Waals surface area (Å²) in [6, 6.07) is 8.61. The van der Waals surface area contributed by atoms with Crippen LogP contribution in [0.25, 0.3) is 0 Å². The van der Waals surface area contributed by atoms with E-state index in [0.717, 1.165) is 17.0 Å². The van der Waals surface area contributed by atoms with Crippen LogP contribution in [0.15, 0.2) is 24.3 Å². The van der Waals surface area contributed by atoms with Gasteiger partial charge in [-0.05, 0) is 56.1 Å². The van der Waals surface area contributed by atoms with E-state index in [0.29, 0.717) is 0 Å². The molecule has 146 valence electrons. The lowest BCUT2D eigenvalue weighted by Crippen LogP contribution is -2.44. The maximum Gasteiger partial charge on any atom is 0.258 e. The molecule has 2 aromatic rings. The largest absolute Gasteiger partial charge is 0.332 e. The van der Waals surface area contributed by atoms with Crippen molar-refractivity contribution in [1.82, 2.24) is 14.7 Å². The third-order valence-electron chi connectivity index (χ3n) is 6.50. The number of nitrogens with zero attached hydrogens (tertiary/aromatic N) is 3. The molecule has 0 atom stereocenters. The minimum atomic E-state index is -0.407. The Kier molecular flexibility index (Phi) is 4.73. The number of aryl methyl sites for hydroxylation is 1. The minimum absolute atomic E-state index is 0.0463. The van der Waals surface area contributed by atoms with Gasteiger partial charge in [0.05, 0.1) is 16.8 Å². The molecule has 1 aromatic carbocycles. The molecule has 0 unspecified atom stereocenters. The van der Waals surface area contributed by atoms with Gasteiger partial charge >= 0.3 is 0 Å². The molecule has 1 aliphatic carbocycles. The lowest BCUT2D eigenvalue weighted by molar-refractivity contribution is 0.0617. The molecule has 1 heterocycles. The number of benzene rings is 1. The van der Waals surface area contributed by atoms with Gasteiger partial charge in [0, 0.05) is 19.8 Å². The van der Waals surface area contributed by atoms with Gasteiger partial charge in [0.1, 0.15) is 0 Å². The van der Waals surface area contributed by atoms with Gasteiger partial charge in [0.15, 0.2) is 0 Å². The molecule has 0 spiro atoms. The Hall–Kier alpha value is -2.10. The molecule has 1 aliphatic rings. The number of amides is 1. The van der Waals surface area contributed by atoms with E-state index in [1.807, 2.05) is 30.6 Å². The van der Waals surface area contributed by atoms with Crippen LogP contribution in [0, 0.1) is 6.92 Å². The van der Waals surface area contributed by atoms with E-state index in [1.165, 1.54) is 24.0 Å². The molecular formula is C23H33N3O. The van der Waals surface area contributed by atoms with E-state index in [2.05, 4.69) is 64.0 Å². The standard InChI is InChI=1S/C23H33N3O/c1-15(2)20-19(16(3)26(8)24-20)21(27)25(7)22(4,5)17-11-9-10-12-18(17)23(6)13-14-23/h9-12,15H,13-14H2,1-8H3. The summed E-state index contributed by atoms with van der Waals surface area (Å²) in [6.07, 6.45) is 2.44. The van der Waals surface area contributed by atoms with Crippen LogP contribution < -0.4 is 0 Å². The zero-order chi connectivity index (χ0) is 20.1. The number of rotatable bonds is 5. The molecule has 0 bridgehead atoms. The van der Waals surface area contributed by atoms with Gasteiger partial charge < -0.3 is 4.90 Å². The Morgan fingerprint density at radius 2 is 1.85 bits per heavy atom. The van der Waals surface area contributed by atoms with Gasteiger partial charge in [-0.25, -0.2) is 0 Å². The van der Waals surface area contributed by atoms with Crippen LogP contribution in [0.3, 0.4) is 0 Å². The topological polar surface area (TPSA) is 38.1 Å². The van der Waals surface area contributed by atoms with Crippen molar-refractivity contribution in [3.05, 3.63) is 52.3 Å². The summed E-state index contributed by atoms with van der Waals surface area (Å²) >= 11 is 0. The van der Waals surface area contributed by atoms with E-state index in [1.54, 1.807) is 0 Å². The highest BCUT2D eigenvalue weighted by Crippen LogP contribution is 2.50. The van der Waals surface area contributed by atoms with Crippen LogP contribution in [0.4, 0.5) is 0 Å². The van der Waals surface area contributed by atoms with E-state index in [-0.39, 0.29) is 17.2 Å². The predicted molar refractivity (Wildman–Crippen MR) is 110 cm³/mol. The van der Waals surface area contributed by atoms with Crippen LogP contribution in [0.1, 0.15) is 86.3 Å². The first kappa shape index (κ1) is 19.7. The Bertz CT molecular complexity index is 872. The maximum absolute atomic E-state index is 13.6. The predicted octanol–water partition coefficient (Wildman–Crippen LogP) is 4.91. The Labute approximate surface area is 163 Å². The SMILES string of the molecule is Cc1c(C(=O)N(C)C(C)(C)c2ccccc2C2(C)CC2)c(C(C)C)nn1C. The quantitative estimate of drug-likeness (QED) is 0.753. The highest BCUT2D eigenvalue weighted by atomic mass is 16.2. The van der Waals surface area contributed by atoms with Gasteiger partial charge in [-0.1, -0.05) is 45.0 Å². The number of hydrogen-bond acceptors (Lipinski definition) is 2. The molecule has 0 N–H and O–H groups in total. The van der Waals surface area contributed by atoms with E-state index >= 15 is 0 Å². The highest BCUT2D eigenvalue weighted by Gasteiger charge is 2.44. The third-order valence-corrected chi connectivity index (χ3v) is 6.50. The smallest absolute Gasteiger partial charge is 0.258 e. The normalized spacial score (nSPS) is 15.9. The number of carbonyl (C=O) groups excluding carboxylic acids is 1. The lowest BCUT2D eigenvalue weighted by atomic mass is 9.82. The molecule has 1 amide bonds. The fraction of sp³-hybridized carbons (Fsp3) is 0.565. The molecule has 0 radical (unpaired) electrons. The Morgan fingerprint density at radius 3 is 2.41 bits per heavy atom. The summed E-state index contributed by atoms with van der Waals surface area (Å²) in [6.45, 7) is 12.8. The Balaban J connectivity index is 2.04. The minimum Gasteiger partial charge on any atom is -0.332 e. The van der Waals surface area contributed by atoms with Crippen LogP contribution in [-0.4, -0.2) is 27.6 Å². The summed E-state index contributed by atoms with van der Waals surface area (Å²) in [7, 11) is 3.83. The zero-order valence-corrected chi connectivity index (χ0v) is 18.1. The molecular weight excluding hydrogens is 334 g/mol. The molecule has 0 saturated heterocycles. The van der Waals surface area contributed by atoms with E-state index in [4.69, 9.17) is 0 Å². The third kappa shape index (κ3) is 3.19. The monoisotopic (exact) mass is 367 g/mol. The van der Waals surface area contributed by atoms with Crippen molar-refractivity contribution in [2.75, 3.05) is 7.05 Å². The van der Waals surface area contributed by atoms with Gasteiger partial charge in [0.2, 0.25) is 0 Å². The molecule has 4 heteroatoms. The summed E-state index contributed by atoms with van der Waals surface area (Å²) in [5, 5.41) is 4.60. The van der Waals surface area contributed by atoms with E-state index in [9.17, 15) is 4.79 Å². The average Bonchev–Trinajstić information content (AvgIpc) is 3.30. The van der Waals surface area contributed by atoms with Crippen molar-refractivity contribution >= 4 is 5.91 Å². The first-order valence-corrected chi connectivity index (χ1v) is 9.92. The molecule has 1 aromatic heterocycles. The summed E-state index contributed by atoms with van der Waals surface area (Å²) in [5.41, 5.74) is 5.02. The van der Waals surface area contributed by atoms with Crippen molar-refractivity contribution in [2.24, 2.45) is 7.05 Å². The molecule has 1 fully saturated rings. The molecule has 3 rings (SSSR count). The zero-order valence-electron chi connectivity index (χ0n) is 18.1. The van der Waals surface area contributed by atoms with Crippen molar-refractivity contribution in [2.45, 2.75) is 71.3 Å². The number of aromatic nitrogens is 2. The summed E-state index contributed by atoms with van der Waals surface area (Å²) in [5.74, 6) is 0.253. The Morgan fingerprint density at radius 1 is 1.26 bits per heavy atom. The number of hydrogen-bond donors (Lipinski definition) is 0. The van der Waals surface area contributed by atoms with Crippen molar-refractivity contribution in [1.29, 1.82) is 0 Å². The van der Waals surface area contributed by atoms with Gasteiger partial charge in [-0.3, -0.25) is 9.48 Å². The van der Waals surface area contributed by atoms with Gasteiger partial charge in [-0.15, -0.1) is 0 Å². The fourth-order valence-electron chi connectivity index (χ4n) is 3.90. The highest BCUT2D eigenvalue weighted by molar-refractivity contribution is 5.97. The van der Waals surface area contributed by atoms with Crippen LogP contribution in [0.5, 0.6) is 0 Å². The average molecular weight is 368 g/mol. The molecule has 4 nitrogen and oxygen atoms in total. The van der Waals surface area contributed by atoms with E-state index < -0.39 is 5.54 Å². The van der Waals surface area contributed by atoms with Gasteiger partial charge in [-0.2, -0.15) is 5.10 Å². The first-order valence-electron chi connectivity index (χ1n) is 9.92. The number of carbonyl (C=O) groups is 1. The van der Waals surface area contributed by atoms with Gasteiger partial charge in [0.25, 0.3) is 5.91 Å². The second-order valence-corrected chi connectivity index (χ2v) is 9.15. The van der Waals surface area contributed by atoms with Crippen LogP contribution >= 0.6 is 0 Å². The van der Waals surface area contributed by atoms with Crippen molar-refractivity contribution in [3.63, 3.8) is 0 Å². The molecule has 0 aliphatic heterocycles. The molecule has 27 heavy (non-hydrogen) atoms. The summed E-state index contributed by atoms with van der Waals surface area (Å²) < 4.78 is 1.82. The van der Waals surface area contributed by atoms with Crippen molar-refractivity contribution < 1.29 is 4.79 Å². The van der Waals surface area contributed by atoms with Crippen LogP contribution in [0.2, 0.25) is 0 Å². The van der Waals surface area contributed by atoms with Crippen LogP contribution in [-0.2, 0) is 18.0 Å². The molecule has 1 saturated carbocycles. The second-order valence-electron chi connectivity index (χ2n) is 9.15. The second kappa shape index (κ2) is 6.50. The van der Waals surface area contributed by atoms with Crippen molar-refractivity contribution in [3.8, 4) is 0 Å².